The Kier molecular flexibility index (Phi) is 6.27. The van der Waals surface area contributed by atoms with Crippen molar-refractivity contribution in [2.45, 2.75) is 11.1 Å². The molecule has 0 fully saturated rings. The number of hydrogen-bond acceptors (Lipinski definition) is 5. The van der Waals surface area contributed by atoms with Crippen LogP contribution in [-0.2, 0) is 16.2 Å². The van der Waals surface area contributed by atoms with Crippen LogP contribution in [-0.4, -0.2) is 20.5 Å². The van der Waals surface area contributed by atoms with Crippen LogP contribution < -0.4 is 14.2 Å². The van der Waals surface area contributed by atoms with Gasteiger partial charge in [-0.25, -0.2) is 17.8 Å². The summed E-state index contributed by atoms with van der Waals surface area (Å²) in [4.78, 5) is 3.23. The number of pyridine rings is 1. The number of ether oxygens (including phenoxy) is 2. The zero-order valence-electron chi connectivity index (χ0n) is 15.6. The number of anilines is 1. The van der Waals surface area contributed by atoms with Crippen LogP contribution in [0.1, 0.15) is 5.56 Å². The Bertz CT molecular complexity index is 1200. The Morgan fingerprint density at radius 1 is 1.03 bits per heavy atom. The second-order valence-electron chi connectivity index (χ2n) is 6.03. The van der Waals surface area contributed by atoms with Gasteiger partial charge in [-0.2, -0.15) is 13.2 Å². The summed E-state index contributed by atoms with van der Waals surface area (Å²) < 4.78 is 88.8. The fourth-order valence-corrected chi connectivity index (χ4v) is 3.68. The summed E-state index contributed by atoms with van der Waals surface area (Å²) in [6.07, 6.45) is -3.92. The van der Waals surface area contributed by atoms with Crippen molar-refractivity contribution >= 4 is 27.3 Å². The van der Waals surface area contributed by atoms with Gasteiger partial charge < -0.3 is 9.47 Å². The zero-order chi connectivity index (χ0) is 22.8. The third-order valence-corrected chi connectivity index (χ3v) is 5.57. The maximum absolute atomic E-state index is 13.8. The molecule has 0 aliphatic carbocycles. The topological polar surface area (TPSA) is 77.5 Å². The number of aromatic nitrogens is 1. The minimum absolute atomic E-state index is 0.0346. The van der Waals surface area contributed by atoms with Crippen molar-refractivity contribution < 1.29 is 35.5 Å². The number of benzene rings is 2. The van der Waals surface area contributed by atoms with Gasteiger partial charge in [-0.15, -0.1) is 0 Å². The van der Waals surface area contributed by atoms with E-state index in [4.69, 9.17) is 21.1 Å². The van der Waals surface area contributed by atoms with Gasteiger partial charge in [-0.05, 0) is 42.5 Å². The first kappa shape index (κ1) is 22.6. The second kappa shape index (κ2) is 8.60. The molecule has 0 bridgehead atoms. The van der Waals surface area contributed by atoms with Crippen LogP contribution in [0.25, 0.3) is 0 Å². The maximum Gasteiger partial charge on any atom is 0.417 e. The lowest BCUT2D eigenvalue weighted by Gasteiger charge is -2.12. The molecule has 31 heavy (non-hydrogen) atoms. The predicted molar refractivity (Wildman–Crippen MR) is 105 cm³/mol. The highest BCUT2D eigenvalue weighted by atomic mass is 35.5. The van der Waals surface area contributed by atoms with Crippen LogP contribution in [0.4, 0.5) is 23.2 Å². The monoisotopic (exact) mass is 476 g/mol. The molecule has 3 rings (SSSR count). The number of hydrogen-bond donors (Lipinski definition) is 1. The molecule has 0 aliphatic heterocycles. The number of alkyl halides is 3. The SMILES string of the molecule is COc1ccc(S(=O)(=O)Nc2ccc(Oc3ccc(C(F)(F)F)cn3)c(Cl)c2)cc1F. The maximum atomic E-state index is 13.8. The molecule has 164 valence electrons. The van der Waals surface area contributed by atoms with Gasteiger partial charge in [0.25, 0.3) is 10.0 Å². The third kappa shape index (κ3) is 5.36. The molecule has 2 aromatic carbocycles. The van der Waals surface area contributed by atoms with E-state index in [1.165, 1.54) is 37.4 Å². The van der Waals surface area contributed by atoms with E-state index in [1.54, 1.807) is 0 Å². The quantitative estimate of drug-likeness (QED) is 0.476. The van der Waals surface area contributed by atoms with Gasteiger partial charge in [0, 0.05) is 12.3 Å². The molecule has 1 heterocycles. The fraction of sp³-hybridized carbons (Fsp3) is 0.105. The lowest BCUT2D eigenvalue weighted by atomic mass is 10.3. The fourth-order valence-electron chi connectivity index (χ4n) is 2.40. The summed E-state index contributed by atoms with van der Waals surface area (Å²) in [6.45, 7) is 0. The normalized spacial score (nSPS) is 11.8. The van der Waals surface area contributed by atoms with Crippen molar-refractivity contribution in [3.63, 3.8) is 0 Å². The van der Waals surface area contributed by atoms with Gasteiger partial charge in [0.1, 0.15) is 5.75 Å². The van der Waals surface area contributed by atoms with Crippen molar-refractivity contribution in [3.8, 4) is 17.4 Å². The van der Waals surface area contributed by atoms with E-state index in [2.05, 4.69) is 9.71 Å². The number of nitrogens with one attached hydrogen (secondary N) is 1. The highest BCUT2D eigenvalue weighted by molar-refractivity contribution is 7.92. The highest BCUT2D eigenvalue weighted by Gasteiger charge is 2.30. The minimum Gasteiger partial charge on any atom is -0.494 e. The number of halogens is 5. The molecular weight excluding hydrogens is 464 g/mol. The van der Waals surface area contributed by atoms with Crippen LogP contribution in [0, 0.1) is 5.82 Å². The molecule has 0 saturated heterocycles. The van der Waals surface area contributed by atoms with Gasteiger partial charge in [0.2, 0.25) is 5.88 Å². The lowest BCUT2D eigenvalue weighted by Crippen LogP contribution is -2.13. The number of rotatable bonds is 6. The van der Waals surface area contributed by atoms with E-state index in [9.17, 15) is 26.0 Å². The van der Waals surface area contributed by atoms with E-state index < -0.39 is 27.6 Å². The Balaban J connectivity index is 1.76. The van der Waals surface area contributed by atoms with Crippen molar-refractivity contribution in [1.29, 1.82) is 0 Å². The third-order valence-electron chi connectivity index (χ3n) is 3.90. The lowest BCUT2D eigenvalue weighted by molar-refractivity contribution is -0.137. The number of methoxy groups -OCH3 is 1. The predicted octanol–water partition coefficient (Wildman–Crippen LogP) is 5.49. The van der Waals surface area contributed by atoms with E-state index in [1.807, 2.05) is 0 Å². The number of sulfonamides is 1. The first-order chi connectivity index (χ1) is 14.5. The molecule has 0 aliphatic rings. The molecule has 6 nitrogen and oxygen atoms in total. The van der Waals surface area contributed by atoms with Crippen LogP contribution in [0.3, 0.4) is 0 Å². The highest BCUT2D eigenvalue weighted by Crippen LogP contribution is 2.34. The minimum atomic E-state index is -4.53. The summed E-state index contributed by atoms with van der Waals surface area (Å²) in [5.74, 6) is -1.07. The molecule has 1 aromatic heterocycles. The van der Waals surface area contributed by atoms with Crippen molar-refractivity contribution in [3.05, 3.63) is 71.1 Å². The van der Waals surface area contributed by atoms with Crippen LogP contribution in [0.15, 0.2) is 59.6 Å². The molecular formula is C19H13ClF4N2O4S. The van der Waals surface area contributed by atoms with Gasteiger partial charge in [-0.1, -0.05) is 11.6 Å². The molecule has 3 aromatic rings. The van der Waals surface area contributed by atoms with Crippen molar-refractivity contribution in [2.75, 3.05) is 11.8 Å². The van der Waals surface area contributed by atoms with E-state index >= 15 is 0 Å². The van der Waals surface area contributed by atoms with Crippen LogP contribution in [0.5, 0.6) is 17.4 Å². The number of nitrogens with zero attached hydrogens (tertiary/aromatic N) is 1. The molecule has 0 spiro atoms. The van der Waals surface area contributed by atoms with Gasteiger partial charge in [-0.3, -0.25) is 4.72 Å². The van der Waals surface area contributed by atoms with E-state index in [-0.39, 0.29) is 33.0 Å². The Hall–Kier alpha value is -3.05. The van der Waals surface area contributed by atoms with E-state index in [0.29, 0.717) is 6.20 Å². The molecule has 1 N–H and O–H groups in total. The van der Waals surface area contributed by atoms with E-state index in [0.717, 1.165) is 18.2 Å². The largest absolute Gasteiger partial charge is 0.494 e. The Labute approximate surface area is 179 Å². The summed E-state index contributed by atoms with van der Waals surface area (Å²) >= 11 is 6.08. The first-order valence-electron chi connectivity index (χ1n) is 8.36. The van der Waals surface area contributed by atoms with Gasteiger partial charge >= 0.3 is 6.18 Å². The van der Waals surface area contributed by atoms with Gasteiger partial charge in [0.05, 0.1) is 28.3 Å². The Morgan fingerprint density at radius 2 is 1.74 bits per heavy atom. The van der Waals surface area contributed by atoms with Gasteiger partial charge in [0.15, 0.2) is 11.6 Å². The Morgan fingerprint density at radius 3 is 2.29 bits per heavy atom. The average molecular weight is 477 g/mol. The molecule has 0 radical (unpaired) electrons. The second-order valence-corrected chi connectivity index (χ2v) is 8.12. The van der Waals surface area contributed by atoms with Crippen molar-refractivity contribution in [1.82, 2.24) is 4.98 Å². The molecule has 0 atom stereocenters. The van der Waals surface area contributed by atoms with Crippen LogP contribution >= 0.6 is 11.6 Å². The molecule has 0 saturated carbocycles. The standard InChI is InChI=1S/C19H13ClF4N2O4S/c1-29-17-6-4-13(9-15(17)21)31(27,28)26-12-3-5-16(14(20)8-12)30-18-7-2-11(10-25-18)19(22,23)24/h2-10,26H,1H3. The summed E-state index contributed by atoms with van der Waals surface area (Å²) in [5.41, 5.74) is -0.889. The van der Waals surface area contributed by atoms with Crippen molar-refractivity contribution in [2.24, 2.45) is 0 Å². The molecule has 0 unspecified atom stereocenters. The molecule has 12 heteroatoms. The smallest absolute Gasteiger partial charge is 0.417 e. The first-order valence-corrected chi connectivity index (χ1v) is 10.2. The summed E-state index contributed by atoms with van der Waals surface area (Å²) in [5, 5.41) is -0.0391. The molecule has 0 amide bonds. The summed E-state index contributed by atoms with van der Waals surface area (Å²) in [7, 11) is -2.89. The van der Waals surface area contributed by atoms with Crippen LogP contribution in [0.2, 0.25) is 5.02 Å². The zero-order valence-corrected chi connectivity index (χ0v) is 17.1. The summed E-state index contributed by atoms with van der Waals surface area (Å²) in [6, 6.07) is 8.79. The average Bonchev–Trinajstić information content (AvgIpc) is 2.69.